The maximum atomic E-state index is 11.9. The van der Waals surface area contributed by atoms with E-state index in [0.29, 0.717) is 24.3 Å². The fourth-order valence-electron chi connectivity index (χ4n) is 2.55. The third-order valence-electron chi connectivity index (χ3n) is 3.70. The molecule has 0 N–H and O–H groups in total. The summed E-state index contributed by atoms with van der Waals surface area (Å²) in [5.74, 6) is 3.27. The Bertz CT molecular complexity index is 757. The zero-order valence-corrected chi connectivity index (χ0v) is 12.7. The Labute approximate surface area is 130 Å². The molecule has 0 spiro atoms. The summed E-state index contributed by atoms with van der Waals surface area (Å²) in [5, 5.41) is 0. The Morgan fingerprint density at radius 3 is 2.50 bits per heavy atom. The molecule has 1 amide bonds. The first-order chi connectivity index (χ1) is 10.5. The van der Waals surface area contributed by atoms with Gasteiger partial charge in [-0.2, -0.15) is 0 Å². The maximum Gasteiger partial charge on any atom is 0.228 e. The summed E-state index contributed by atoms with van der Waals surface area (Å²) in [5.41, 5.74) is 3.30. The van der Waals surface area contributed by atoms with Crippen molar-refractivity contribution in [2.45, 2.75) is 20.3 Å². The molecule has 110 valence electrons. The Kier molecular flexibility index (Phi) is 3.42. The number of anilines is 1. The molecule has 0 bridgehead atoms. The summed E-state index contributed by atoms with van der Waals surface area (Å²) >= 11 is 0. The maximum absolute atomic E-state index is 11.9. The summed E-state index contributed by atoms with van der Waals surface area (Å²) in [4.78, 5) is 21.6. The number of carbonyl (C=O) groups excluding carboxylic acids is 1. The molecule has 2 aliphatic heterocycles. The van der Waals surface area contributed by atoms with E-state index in [1.807, 2.05) is 12.4 Å². The molecular formula is C18H17N3O. The molecule has 1 aliphatic carbocycles. The van der Waals surface area contributed by atoms with Crippen molar-refractivity contribution in [2.75, 3.05) is 11.4 Å². The van der Waals surface area contributed by atoms with Gasteiger partial charge in [-0.25, -0.2) is 4.98 Å². The van der Waals surface area contributed by atoms with Crippen LogP contribution in [0, 0.1) is 17.8 Å². The first kappa shape index (κ1) is 14.3. The van der Waals surface area contributed by atoms with E-state index in [-0.39, 0.29) is 11.3 Å². The fraction of sp³-hybridized carbons (Fsp3) is 0.278. The number of terminal acetylenes is 1. The van der Waals surface area contributed by atoms with Gasteiger partial charge in [-0.05, 0) is 23.6 Å². The van der Waals surface area contributed by atoms with Crippen LogP contribution in [0.25, 0.3) is 11.1 Å². The lowest BCUT2D eigenvalue weighted by atomic mass is 9.93. The SMILES string of the molecule is C#Cc1cccnc1N1CC(C)(C)CC1=O.c1ncc2cc1-2. The number of nitrogens with zero attached hydrogens (tertiary/aromatic N) is 3. The number of fused-ring (bicyclic) bond motifs is 1. The van der Waals surface area contributed by atoms with Gasteiger partial charge in [0.2, 0.25) is 5.91 Å². The van der Waals surface area contributed by atoms with Crippen molar-refractivity contribution in [3.05, 3.63) is 42.4 Å². The molecule has 1 fully saturated rings. The second kappa shape index (κ2) is 5.27. The van der Waals surface area contributed by atoms with Gasteiger partial charge >= 0.3 is 0 Å². The standard InChI is InChI=1S/C13H14N2O.C5H3N/c1-4-10-6-5-7-14-12(10)15-9-13(2,3)8-11(15)16;1-4-2-6-3-5(1)4/h1,5-7H,8-9H2,2-3H3;1-3H. The van der Waals surface area contributed by atoms with Gasteiger partial charge in [0.25, 0.3) is 0 Å². The summed E-state index contributed by atoms with van der Waals surface area (Å²) in [6.07, 6.45) is 11.4. The van der Waals surface area contributed by atoms with E-state index in [1.54, 1.807) is 23.2 Å². The summed E-state index contributed by atoms with van der Waals surface area (Å²) in [6, 6.07) is 5.69. The molecule has 0 atom stereocenters. The topological polar surface area (TPSA) is 46.1 Å². The van der Waals surface area contributed by atoms with Crippen LogP contribution in [0.1, 0.15) is 25.8 Å². The van der Waals surface area contributed by atoms with E-state index in [1.165, 1.54) is 11.1 Å². The van der Waals surface area contributed by atoms with Crippen LogP contribution in [0.15, 0.2) is 36.8 Å². The van der Waals surface area contributed by atoms with Gasteiger partial charge in [-0.1, -0.05) is 19.8 Å². The first-order valence-corrected chi connectivity index (χ1v) is 7.18. The van der Waals surface area contributed by atoms with Gasteiger partial charge in [0, 0.05) is 42.7 Å². The predicted molar refractivity (Wildman–Crippen MR) is 86.2 cm³/mol. The molecule has 0 aromatic carbocycles. The predicted octanol–water partition coefficient (Wildman–Crippen LogP) is 2.89. The molecular weight excluding hydrogens is 274 g/mol. The smallest absolute Gasteiger partial charge is 0.228 e. The van der Waals surface area contributed by atoms with Crippen molar-refractivity contribution >= 4 is 11.7 Å². The molecule has 1 aromatic heterocycles. The van der Waals surface area contributed by atoms with Crippen molar-refractivity contribution in [1.82, 2.24) is 9.97 Å². The van der Waals surface area contributed by atoms with Gasteiger partial charge < -0.3 is 0 Å². The van der Waals surface area contributed by atoms with E-state index in [0.717, 1.165) is 0 Å². The highest BCUT2D eigenvalue weighted by atomic mass is 16.2. The molecule has 3 heterocycles. The van der Waals surface area contributed by atoms with Crippen molar-refractivity contribution < 1.29 is 4.79 Å². The number of hydrogen-bond acceptors (Lipinski definition) is 3. The largest absolute Gasteiger partial charge is 0.295 e. The number of hydrogen-bond donors (Lipinski definition) is 0. The fourth-order valence-corrected chi connectivity index (χ4v) is 2.55. The van der Waals surface area contributed by atoms with Gasteiger partial charge in [0.05, 0.1) is 5.56 Å². The zero-order valence-electron chi connectivity index (χ0n) is 12.7. The van der Waals surface area contributed by atoms with Crippen LogP contribution in [-0.4, -0.2) is 22.4 Å². The Balaban J connectivity index is 0.000000196. The van der Waals surface area contributed by atoms with Gasteiger partial charge in [0.1, 0.15) is 0 Å². The average Bonchev–Trinajstić information content (AvgIpc) is 2.98. The lowest BCUT2D eigenvalue weighted by Crippen LogP contribution is -2.27. The normalized spacial score (nSPS) is 16.6. The summed E-state index contributed by atoms with van der Waals surface area (Å²) in [7, 11) is 0. The number of carbonyl (C=O) groups is 1. The molecule has 1 saturated heterocycles. The van der Waals surface area contributed by atoms with E-state index in [2.05, 4.69) is 35.8 Å². The molecule has 0 radical (unpaired) electrons. The molecule has 3 aliphatic rings. The van der Waals surface area contributed by atoms with E-state index in [9.17, 15) is 4.79 Å². The molecule has 4 heteroatoms. The van der Waals surface area contributed by atoms with Gasteiger partial charge in [-0.3, -0.25) is 14.7 Å². The van der Waals surface area contributed by atoms with Crippen LogP contribution >= 0.6 is 0 Å². The molecule has 1 aromatic rings. The number of aromatic nitrogens is 2. The zero-order chi connectivity index (χ0) is 15.7. The van der Waals surface area contributed by atoms with E-state index < -0.39 is 0 Å². The average molecular weight is 291 g/mol. The van der Waals surface area contributed by atoms with Crippen molar-refractivity contribution in [3.8, 4) is 23.5 Å². The number of pyridine rings is 2. The second-order valence-corrected chi connectivity index (χ2v) is 6.30. The minimum atomic E-state index is 0.000470. The third kappa shape index (κ3) is 2.84. The second-order valence-electron chi connectivity index (χ2n) is 6.30. The Morgan fingerprint density at radius 1 is 1.32 bits per heavy atom. The molecule has 4 nitrogen and oxygen atoms in total. The van der Waals surface area contributed by atoms with Crippen LogP contribution in [0.5, 0.6) is 0 Å². The third-order valence-corrected chi connectivity index (χ3v) is 3.70. The van der Waals surface area contributed by atoms with Crippen LogP contribution < -0.4 is 4.90 Å². The van der Waals surface area contributed by atoms with Gasteiger partial charge in [0.15, 0.2) is 5.82 Å². The molecule has 0 saturated carbocycles. The van der Waals surface area contributed by atoms with E-state index >= 15 is 0 Å². The Hall–Kier alpha value is -2.67. The quantitative estimate of drug-likeness (QED) is 0.648. The van der Waals surface area contributed by atoms with Crippen LogP contribution in [0.3, 0.4) is 0 Å². The van der Waals surface area contributed by atoms with E-state index in [4.69, 9.17) is 6.42 Å². The molecule has 0 unspecified atom stereocenters. The monoisotopic (exact) mass is 291 g/mol. The first-order valence-electron chi connectivity index (χ1n) is 7.18. The highest BCUT2D eigenvalue weighted by Crippen LogP contribution is 2.33. The lowest BCUT2D eigenvalue weighted by molar-refractivity contribution is -0.117. The number of amides is 1. The van der Waals surface area contributed by atoms with Gasteiger partial charge in [-0.15, -0.1) is 6.42 Å². The van der Waals surface area contributed by atoms with Crippen LogP contribution in [0.4, 0.5) is 5.82 Å². The van der Waals surface area contributed by atoms with Crippen LogP contribution in [0.2, 0.25) is 0 Å². The summed E-state index contributed by atoms with van der Waals surface area (Å²) in [6.45, 7) is 4.82. The minimum absolute atomic E-state index is 0.000470. The van der Waals surface area contributed by atoms with Crippen molar-refractivity contribution in [3.63, 3.8) is 0 Å². The lowest BCUT2D eigenvalue weighted by Gasteiger charge is -2.19. The molecule has 4 rings (SSSR count). The Morgan fingerprint density at radius 2 is 2.05 bits per heavy atom. The molecule has 22 heavy (non-hydrogen) atoms. The van der Waals surface area contributed by atoms with Crippen LogP contribution in [-0.2, 0) is 4.79 Å². The van der Waals surface area contributed by atoms with Crippen molar-refractivity contribution in [2.24, 2.45) is 5.41 Å². The minimum Gasteiger partial charge on any atom is -0.295 e. The highest BCUT2D eigenvalue weighted by molar-refractivity contribution is 5.96. The number of rotatable bonds is 1. The summed E-state index contributed by atoms with van der Waals surface area (Å²) < 4.78 is 0. The van der Waals surface area contributed by atoms with Crippen molar-refractivity contribution in [1.29, 1.82) is 0 Å². The highest BCUT2D eigenvalue weighted by Gasteiger charge is 2.37.